The first-order valence-corrected chi connectivity index (χ1v) is 9.16. The molecule has 0 radical (unpaired) electrons. The lowest BCUT2D eigenvalue weighted by molar-refractivity contribution is -0.0000404. The summed E-state index contributed by atoms with van der Waals surface area (Å²) in [6.07, 6.45) is 1.56. The smallest absolute Gasteiger partial charge is 0.277 e. The average molecular weight is 492 g/mol. The molecule has 0 heterocycles. The topological polar surface area (TPSA) is 70.6 Å². The van der Waals surface area contributed by atoms with Gasteiger partial charge in [-0.1, -0.05) is 0 Å². The number of carbonyl (C=O) groups excluding carboxylic acids is 1. The Labute approximate surface area is 167 Å². The number of aliphatic hydroxyl groups excluding tert-OH is 1. The quantitative estimate of drug-likeness (QED) is 0.406. The zero-order chi connectivity index (χ0) is 19.6. The third-order valence-electron chi connectivity index (χ3n) is 4.37. The van der Waals surface area contributed by atoms with Gasteiger partial charge in [-0.2, -0.15) is 0 Å². The third kappa shape index (κ3) is 4.53. The van der Waals surface area contributed by atoms with Crippen molar-refractivity contribution in [2.45, 2.75) is 12.8 Å². The van der Waals surface area contributed by atoms with E-state index < -0.39 is 29.0 Å². The van der Waals surface area contributed by atoms with Gasteiger partial charge in [-0.3, -0.25) is 9.63 Å². The Morgan fingerprint density at radius 3 is 2.56 bits per heavy atom. The zero-order valence-corrected chi connectivity index (χ0v) is 16.1. The molecule has 0 bridgehead atoms. The summed E-state index contributed by atoms with van der Waals surface area (Å²) in [4.78, 5) is 17.4. The molecule has 27 heavy (non-hydrogen) atoms. The van der Waals surface area contributed by atoms with E-state index in [1.807, 2.05) is 22.6 Å². The molecule has 1 amide bonds. The van der Waals surface area contributed by atoms with Crippen molar-refractivity contribution in [1.29, 1.82) is 0 Å². The molecule has 1 aliphatic rings. The normalized spacial score (nSPS) is 14.7. The number of anilines is 2. The fraction of sp³-hybridized carbons (Fsp3) is 0.278. The maximum Gasteiger partial charge on any atom is 0.277 e. The van der Waals surface area contributed by atoms with Crippen molar-refractivity contribution >= 4 is 39.9 Å². The Morgan fingerprint density at radius 1 is 1.19 bits per heavy atom. The lowest BCUT2D eigenvalue weighted by Crippen LogP contribution is -2.29. The standard InChI is InChI=1S/C18H16F3IN2O3/c19-12-3-2-11(17(26)24-27-9-18(8-25)5-6-18)16(15(12)21)23-14-4-1-10(22)7-13(14)20/h1-4,7,23,25H,5-6,8-9H2,(H,24,26). The van der Waals surface area contributed by atoms with E-state index in [0.29, 0.717) is 3.57 Å². The van der Waals surface area contributed by atoms with E-state index in [-0.39, 0.29) is 29.9 Å². The van der Waals surface area contributed by atoms with E-state index in [4.69, 9.17) is 4.84 Å². The van der Waals surface area contributed by atoms with Crippen molar-refractivity contribution in [1.82, 2.24) is 5.48 Å². The Hall–Kier alpha value is -1.85. The second-order valence-corrected chi connectivity index (χ2v) is 7.66. The van der Waals surface area contributed by atoms with Crippen molar-refractivity contribution in [3.63, 3.8) is 0 Å². The molecule has 2 aromatic rings. The van der Waals surface area contributed by atoms with E-state index in [9.17, 15) is 23.1 Å². The first-order chi connectivity index (χ1) is 12.8. The van der Waals surface area contributed by atoms with Crippen molar-refractivity contribution in [2.24, 2.45) is 5.41 Å². The minimum atomic E-state index is -1.31. The van der Waals surface area contributed by atoms with Crippen LogP contribution in [-0.2, 0) is 4.84 Å². The van der Waals surface area contributed by atoms with E-state index in [1.54, 1.807) is 6.07 Å². The van der Waals surface area contributed by atoms with Gasteiger partial charge in [0.2, 0.25) is 0 Å². The van der Waals surface area contributed by atoms with Crippen LogP contribution in [0.4, 0.5) is 24.5 Å². The van der Waals surface area contributed by atoms with Crippen LogP contribution in [0.2, 0.25) is 0 Å². The van der Waals surface area contributed by atoms with Crippen LogP contribution in [0.3, 0.4) is 0 Å². The molecule has 1 saturated carbocycles. The maximum absolute atomic E-state index is 14.3. The zero-order valence-electron chi connectivity index (χ0n) is 14.0. The predicted molar refractivity (Wildman–Crippen MR) is 101 cm³/mol. The number of nitrogens with one attached hydrogen (secondary N) is 2. The number of amides is 1. The van der Waals surface area contributed by atoms with Gasteiger partial charge in [0.05, 0.1) is 30.2 Å². The van der Waals surface area contributed by atoms with E-state index in [2.05, 4.69) is 10.8 Å². The second kappa shape index (κ2) is 8.03. The number of carbonyl (C=O) groups is 1. The van der Waals surface area contributed by atoms with Crippen LogP contribution in [0, 0.1) is 26.4 Å². The molecule has 0 unspecified atom stereocenters. The molecule has 5 nitrogen and oxygen atoms in total. The number of hydroxylamine groups is 1. The Kier molecular flexibility index (Phi) is 5.92. The molecule has 1 fully saturated rings. The van der Waals surface area contributed by atoms with Crippen LogP contribution >= 0.6 is 22.6 Å². The summed E-state index contributed by atoms with van der Waals surface area (Å²) in [5.74, 6) is -3.99. The number of hydrogen-bond acceptors (Lipinski definition) is 4. The Morgan fingerprint density at radius 2 is 1.93 bits per heavy atom. The first-order valence-electron chi connectivity index (χ1n) is 8.08. The van der Waals surface area contributed by atoms with Gasteiger partial charge in [-0.25, -0.2) is 18.7 Å². The largest absolute Gasteiger partial charge is 0.396 e. The van der Waals surface area contributed by atoms with Crippen molar-refractivity contribution in [3.8, 4) is 0 Å². The minimum absolute atomic E-state index is 0.0626. The lowest BCUT2D eigenvalue weighted by atomic mass is 10.1. The average Bonchev–Trinajstić information content (AvgIpc) is 3.41. The minimum Gasteiger partial charge on any atom is -0.396 e. The molecule has 2 aromatic carbocycles. The molecule has 0 atom stereocenters. The number of aliphatic hydroxyl groups is 1. The molecular formula is C18H16F3IN2O3. The number of rotatable bonds is 7. The highest BCUT2D eigenvalue weighted by Crippen LogP contribution is 2.44. The summed E-state index contributed by atoms with van der Waals surface area (Å²) in [5, 5.41) is 11.7. The van der Waals surface area contributed by atoms with Crippen LogP contribution in [0.15, 0.2) is 30.3 Å². The van der Waals surface area contributed by atoms with Gasteiger partial charge < -0.3 is 10.4 Å². The van der Waals surface area contributed by atoms with Gasteiger partial charge in [0, 0.05) is 8.99 Å². The van der Waals surface area contributed by atoms with Gasteiger partial charge in [0.15, 0.2) is 11.6 Å². The molecule has 0 saturated heterocycles. The summed E-state index contributed by atoms with van der Waals surface area (Å²) < 4.78 is 42.6. The van der Waals surface area contributed by atoms with Gasteiger partial charge in [-0.15, -0.1) is 0 Å². The van der Waals surface area contributed by atoms with Crippen molar-refractivity contribution < 1.29 is 27.9 Å². The van der Waals surface area contributed by atoms with Crippen molar-refractivity contribution in [2.75, 3.05) is 18.5 Å². The molecule has 0 aliphatic heterocycles. The SMILES string of the molecule is O=C(NOCC1(CO)CC1)c1ccc(F)c(F)c1Nc1ccc(I)cc1F. The molecule has 0 aromatic heterocycles. The lowest BCUT2D eigenvalue weighted by Gasteiger charge is -2.16. The fourth-order valence-corrected chi connectivity index (χ4v) is 2.88. The van der Waals surface area contributed by atoms with Crippen LogP contribution in [0.1, 0.15) is 23.2 Å². The summed E-state index contributed by atoms with van der Waals surface area (Å²) in [6, 6.07) is 6.03. The molecular weight excluding hydrogens is 476 g/mol. The number of halogens is 4. The fourth-order valence-electron chi connectivity index (χ4n) is 2.42. The van der Waals surface area contributed by atoms with E-state index >= 15 is 0 Å². The van der Waals surface area contributed by atoms with E-state index in [1.165, 1.54) is 12.1 Å². The maximum atomic E-state index is 14.3. The highest BCUT2D eigenvalue weighted by molar-refractivity contribution is 14.1. The second-order valence-electron chi connectivity index (χ2n) is 6.41. The van der Waals surface area contributed by atoms with Crippen LogP contribution < -0.4 is 10.8 Å². The van der Waals surface area contributed by atoms with Crippen LogP contribution in [-0.4, -0.2) is 24.2 Å². The highest BCUT2D eigenvalue weighted by Gasteiger charge is 2.42. The number of benzene rings is 2. The monoisotopic (exact) mass is 492 g/mol. The van der Waals surface area contributed by atoms with Gasteiger partial charge >= 0.3 is 0 Å². The molecule has 3 rings (SSSR count). The summed E-state index contributed by atoms with van der Waals surface area (Å²) in [6.45, 7) is 0.0420. The molecule has 0 spiro atoms. The highest BCUT2D eigenvalue weighted by atomic mass is 127. The Bertz CT molecular complexity index is 875. The summed E-state index contributed by atoms with van der Waals surface area (Å²) >= 11 is 1.91. The number of hydrogen-bond donors (Lipinski definition) is 3. The van der Waals surface area contributed by atoms with Gasteiger partial charge in [-0.05, 0) is 65.8 Å². The third-order valence-corrected chi connectivity index (χ3v) is 5.04. The van der Waals surface area contributed by atoms with E-state index in [0.717, 1.165) is 25.0 Å². The summed E-state index contributed by atoms with van der Waals surface area (Å²) in [5.41, 5.74) is 0.943. The van der Waals surface area contributed by atoms with Crippen LogP contribution in [0.5, 0.6) is 0 Å². The van der Waals surface area contributed by atoms with Gasteiger partial charge in [0.25, 0.3) is 5.91 Å². The molecule has 1 aliphatic carbocycles. The summed E-state index contributed by atoms with van der Waals surface area (Å²) in [7, 11) is 0. The van der Waals surface area contributed by atoms with Gasteiger partial charge in [0.1, 0.15) is 5.82 Å². The van der Waals surface area contributed by atoms with Crippen molar-refractivity contribution in [3.05, 3.63) is 56.9 Å². The van der Waals surface area contributed by atoms with Crippen LogP contribution in [0.25, 0.3) is 0 Å². The predicted octanol–water partition coefficient (Wildman–Crippen LogP) is 3.89. The molecule has 3 N–H and O–H groups in total. The molecule has 144 valence electrons. The Balaban J connectivity index is 1.80. The first kappa shape index (κ1) is 19.9. The molecule has 9 heteroatoms.